The van der Waals surface area contributed by atoms with Crippen LogP contribution in [0.5, 0.6) is 11.5 Å². The monoisotopic (exact) mass is 469 g/mol. The Bertz CT molecular complexity index is 1180. The van der Waals surface area contributed by atoms with Gasteiger partial charge in [0.05, 0.1) is 41.3 Å². The van der Waals surface area contributed by atoms with Crippen molar-refractivity contribution >= 4 is 38.9 Å². The number of methoxy groups -OCH3 is 2. The second-order valence-corrected chi connectivity index (χ2v) is 9.08. The molecule has 30 heavy (non-hydrogen) atoms. The lowest BCUT2D eigenvalue weighted by atomic mass is 10.1. The number of aryl methyl sites for hydroxylation is 2. The van der Waals surface area contributed by atoms with Gasteiger partial charge in [0.25, 0.3) is 10.0 Å². The molecule has 3 aromatic rings. The van der Waals surface area contributed by atoms with Gasteiger partial charge in [0, 0.05) is 13.1 Å². The molecule has 0 bridgehead atoms. The molecule has 0 atom stereocenters. The number of hydrogen-bond donors (Lipinski definition) is 1. The number of ether oxygens (including phenoxy) is 2. The van der Waals surface area contributed by atoms with E-state index in [2.05, 4.69) is 9.82 Å². The third-order valence-corrected chi connectivity index (χ3v) is 6.97. The molecule has 1 heterocycles. The van der Waals surface area contributed by atoms with Gasteiger partial charge < -0.3 is 9.47 Å². The fourth-order valence-corrected chi connectivity index (χ4v) is 5.46. The van der Waals surface area contributed by atoms with E-state index in [0.29, 0.717) is 39.7 Å². The van der Waals surface area contributed by atoms with Crippen molar-refractivity contribution in [3.63, 3.8) is 0 Å². The van der Waals surface area contributed by atoms with Crippen LogP contribution in [0.3, 0.4) is 0 Å². The molecule has 0 unspecified atom stereocenters. The predicted octanol–water partition coefficient (Wildman–Crippen LogP) is 4.83. The Morgan fingerprint density at radius 3 is 1.87 bits per heavy atom. The van der Waals surface area contributed by atoms with E-state index in [1.807, 2.05) is 0 Å². The lowest BCUT2D eigenvalue weighted by Crippen LogP contribution is -2.15. The average molecular weight is 470 g/mol. The zero-order valence-electron chi connectivity index (χ0n) is 17.1. The number of hydrogen-bond acceptors (Lipinski definition) is 5. The van der Waals surface area contributed by atoms with Crippen LogP contribution >= 0.6 is 23.2 Å². The van der Waals surface area contributed by atoms with Crippen LogP contribution in [0, 0.1) is 13.8 Å². The van der Waals surface area contributed by atoms with Crippen LogP contribution < -0.4 is 14.2 Å². The summed E-state index contributed by atoms with van der Waals surface area (Å²) in [6, 6.07) is 8.37. The van der Waals surface area contributed by atoms with Gasteiger partial charge in [-0.1, -0.05) is 23.2 Å². The number of anilines is 1. The topological polar surface area (TPSA) is 82.4 Å². The first kappa shape index (κ1) is 22.3. The van der Waals surface area contributed by atoms with Crippen LogP contribution in [0.1, 0.15) is 11.4 Å². The zero-order valence-corrected chi connectivity index (χ0v) is 19.4. The fourth-order valence-electron chi connectivity index (χ4n) is 3.06. The number of sulfonamides is 1. The SMILES string of the molecule is COc1cc(OC)cc(-c2cc(Cl)c(S(=O)(=O)Nc3c(C)nn(C)c3C)c(Cl)c2)c1. The Morgan fingerprint density at radius 1 is 0.933 bits per heavy atom. The van der Waals surface area contributed by atoms with Crippen LogP contribution in [-0.4, -0.2) is 32.4 Å². The number of halogens is 2. The lowest BCUT2D eigenvalue weighted by molar-refractivity contribution is 0.394. The number of nitrogens with one attached hydrogen (secondary N) is 1. The van der Waals surface area contributed by atoms with Crippen LogP contribution in [0.4, 0.5) is 5.69 Å². The molecule has 0 amide bonds. The van der Waals surface area contributed by atoms with E-state index in [4.69, 9.17) is 32.7 Å². The van der Waals surface area contributed by atoms with E-state index in [1.165, 1.54) is 0 Å². The van der Waals surface area contributed by atoms with E-state index in [-0.39, 0.29) is 14.9 Å². The highest BCUT2D eigenvalue weighted by molar-refractivity contribution is 7.93. The standard InChI is InChI=1S/C20H21Cl2N3O4S/c1-11-19(12(2)25(3)23-11)24-30(26,27)20-17(21)8-14(9-18(20)22)13-6-15(28-4)10-16(7-13)29-5/h6-10,24H,1-5H3. The van der Waals surface area contributed by atoms with Crippen LogP contribution in [0.25, 0.3) is 11.1 Å². The first-order valence-electron chi connectivity index (χ1n) is 8.83. The maximum atomic E-state index is 13.0. The smallest absolute Gasteiger partial charge is 0.264 e. The molecule has 0 fully saturated rings. The summed E-state index contributed by atoms with van der Waals surface area (Å²) in [4.78, 5) is -0.202. The Hall–Kier alpha value is -2.42. The van der Waals surface area contributed by atoms with E-state index in [0.717, 1.165) is 0 Å². The van der Waals surface area contributed by atoms with Gasteiger partial charge in [-0.25, -0.2) is 8.42 Å². The third-order valence-electron chi connectivity index (χ3n) is 4.70. The van der Waals surface area contributed by atoms with E-state index >= 15 is 0 Å². The van der Waals surface area contributed by atoms with E-state index in [9.17, 15) is 8.42 Å². The third kappa shape index (κ3) is 4.21. The summed E-state index contributed by atoms with van der Waals surface area (Å²) in [6.07, 6.45) is 0. The highest BCUT2D eigenvalue weighted by atomic mass is 35.5. The van der Waals surface area contributed by atoms with E-state index in [1.54, 1.807) is 70.1 Å². The van der Waals surface area contributed by atoms with Crippen molar-refractivity contribution in [1.29, 1.82) is 0 Å². The molecule has 7 nitrogen and oxygen atoms in total. The maximum Gasteiger partial charge on any atom is 0.264 e. The van der Waals surface area contributed by atoms with Gasteiger partial charge in [-0.3, -0.25) is 9.40 Å². The molecule has 1 N–H and O–H groups in total. The van der Waals surface area contributed by atoms with Crippen LogP contribution in [0.2, 0.25) is 10.0 Å². The van der Waals surface area contributed by atoms with Crippen molar-refractivity contribution in [1.82, 2.24) is 9.78 Å². The number of rotatable bonds is 6. The Labute approximate surface area is 185 Å². The number of nitrogens with zero attached hydrogens (tertiary/aromatic N) is 2. The molecule has 0 aliphatic heterocycles. The van der Waals surface area contributed by atoms with Crippen molar-refractivity contribution in [2.75, 3.05) is 18.9 Å². The molecular weight excluding hydrogens is 449 g/mol. The summed E-state index contributed by atoms with van der Waals surface area (Å²) in [6.45, 7) is 3.48. The quantitative estimate of drug-likeness (QED) is 0.558. The predicted molar refractivity (Wildman–Crippen MR) is 118 cm³/mol. The molecule has 0 radical (unpaired) electrons. The summed E-state index contributed by atoms with van der Waals surface area (Å²) in [7, 11) is 0.774. The van der Waals surface area contributed by atoms with Gasteiger partial charge in [0.2, 0.25) is 0 Å². The molecule has 0 aliphatic rings. The van der Waals surface area contributed by atoms with Crippen LogP contribution in [-0.2, 0) is 17.1 Å². The zero-order chi connectivity index (χ0) is 22.2. The minimum absolute atomic E-state index is 0.00835. The highest BCUT2D eigenvalue weighted by Crippen LogP contribution is 2.38. The Balaban J connectivity index is 2.07. The lowest BCUT2D eigenvalue weighted by Gasteiger charge is -2.14. The summed E-state index contributed by atoms with van der Waals surface area (Å²) in [5.74, 6) is 1.16. The van der Waals surface area contributed by atoms with Crippen molar-refractivity contribution < 1.29 is 17.9 Å². The van der Waals surface area contributed by atoms with Gasteiger partial charge in [-0.2, -0.15) is 5.10 Å². The molecule has 160 valence electrons. The molecule has 0 aliphatic carbocycles. The van der Waals surface area contributed by atoms with Gasteiger partial charge in [0.15, 0.2) is 0 Å². The largest absolute Gasteiger partial charge is 0.497 e. The number of benzene rings is 2. The first-order chi connectivity index (χ1) is 14.1. The molecular formula is C20H21Cl2N3O4S. The Morgan fingerprint density at radius 2 is 1.43 bits per heavy atom. The average Bonchev–Trinajstić information content (AvgIpc) is 2.92. The summed E-state index contributed by atoms with van der Waals surface area (Å²) in [5, 5.41) is 4.20. The molecule has 10 heteroatoms. The molecule has 0 saturated carbocycles. The summed E-state index contributed by atoms with van der Waals surface area (Å²) in [5.41, 5.74) is 2.95. The van der Waals surface area contributed by atoms with E-state index < -0.39 is 10.0 Å². The molecule has 0 saturated heterocycles. The summed E-state index contributed by atoms with van der Waals surface area (Å²) >= 11 is 12.8. The Kier molecular flexibility index (Phi) is 6.21. The van der Waals surface area contributed by atoms with Crippen molar-refractivity contribution in [2.24, 2.45) is 7.05 Å². The molecule has 1 aromatic heterocycles. The normalized spacial score (nSPS) is 11.4. The minimum Gasteiger partial charge on any atom is -0.497 e. The molecule has 3 rings (SSSR count). The summed E-state index contributed by atoms with van der Waals surface area (Å²) < 4.78 is 40.8. The van der Waals surface area contributed by atoms with Gasteiger partial charge in [-0.15, -0.1) is 0 Å². The van der Waals surface area contributed by atoms with Crippen molar-refractivity contribution in [3.05, 3.63) is 51.8 Å². The second-order valence-electron chi connectivity index (χ2n) is 6.65. The molecule has 0 spiro atoms. The minimum atomic E-state index is -4.05. The van der Waals surface area contributed by atoms with Gasteiger partial charge in [-0.05, 0) is 49.2 Å². The van der Waals surface area contributed by atoms with Gasteiger partial charge >= 0.3 is 0 Å². The molecule has 2 aromatic carbocycles. The van der Waals surface area contributed by atoms with Crippen molar-refractivity contribution in [2.45, 2.75) is 18.7 Å². The van der Waals surface area contributed by atoms with Gasteiger partial charge in [0.1, 0.15) is 16.4 Å². The second kappa shape index (κ2) is 8.37. The van der Waals surface area contributed by atoms with Crippen molar-refractivity contribution in [3.8, 4) is 22.6 Å². The first-order valence-corrected chi connectivity index (χ1v) is 11.1. The van der Waals surface area contributed by atoms with Crippen LogP contribution in [0.15, 0.2) is 35.2 Å². The fraction of sp³-hybridized carbons (Fsp3) is 0.250. The maximum absolute atomic E-state index is 13.0. The highest BCUT2D eigenvalue weighted by Gasteiger charge is 2.25. The number of aromatic nitrogens is 2.